The monoisotopic (exact) mass is 428 g/mol. The van der Waals surface area contributed by atoms with Gasteiger partial charge in [0.05, 0.1) is 17.6 Å². The van der Waals surface area contributed by atoms with Gasteiger partial charge in [-0.15, -0.1) is 0 Å². The first-order valence-electron chi connectivity index (χ1n) is 11.0. The zero-order valence-corrected chi connectivity index (χ0v) is 18.3. The van der Waals surface area contributed by atoms with Gasteiger partial charge in [0.1, 0.15) is 17.3 Å². The summed E-state index contributed by atoms with van der Waals surface area (Å²) in [6.07, 6.45) is 4.22. The summed E-state index contributed by atoms with van der Waals surface area (Å²) < 4.78 is 8.14. The normalized spacial score (nSPS) is 10.9. The molecule has 0 atom stereocenters. The summed E-state index contributed by atoms with van der Waals surface area (Å²) in [5.74, 6) is 1.73. The molecule has 32 heavy (non-hydrogen) atoms. The molecule has 0 saturated heterocycles. The Morgan fingerprint density at radius 2 is 1.91 bits per heavy atom. The molecular formula is C26H28N4O2. The molecule has 0 aliphatic rings. The Kier molecular flexibility index (Phi) is 7.12. The number of hydrogen-bond acceptors (Lipinski definition) is 4. The van der Waals surface area contributed by atoms with E-state index in [0.717, 1.165) is 42.0 Å². The molecule has 4 aromatic rings. The summed E-state index contributed by atoms with van der Waals surface area (Å²) in [6.45, 7) is 4.12. The molecule has 0 aliphatic carbocycles. The lowest BCUT2D eigenvalue weighted by Gasteiger charge is -2.11. The maximum absolute atomic E-state index is 12.3. The molecule has 0 bridgehead atoms. The van der Waals surface area contributed by atoms with Crippen LogP contribution in [-0.2, 0) is 13.0 Å². The minimum atomic E-state index is -0.165. The number of hydrogen-bond donors (Lipinski definition) is 1. The number of rotatable bonds is 10. The molecule has 2 heterocycles. The number of imidazole rings is 1. The van der Waals surface area contributed by atoms with Crippen molar-refractivity contribution in [3.05, 3.63) is 90.0 Å². The number of amides is 1. The van der Waals surface area contributed by atoms with Crippen LogP contribution in [0, 0.1) is 6.92 Å². The molecule has 1 N–H and O–H groups in total. The largest absolute Gasteiger partial charge is 0.494 e. The second-order valence-corrected chi connectivity index (χ2v) is 7.76. The van der Waals surface area contributed by atoms with Crippen LogP contribution in [0.15, 0.2) is 72.9 Å². The minimum absolute atomic E-state index is 0.165. The van der Waals surface area contributed by atoms with E-state index in [9.17, 15) is 4.79 Å². The van der Waals surface area contributed by atoms with Crippen LogP contribution in [0.3, 0.4) is 0 Å². The van der Waals surface area contributed by atoms with Crippen LogP contribution >= 0.6 is 0 Å². The van der Waals surface area contributed by atoms with E-state index in [-0.39, 0.29) is 5.91 Å². The average molecular weight is 429 g/mol. The smallest absolute Gasteiger partial charge is 0.269 e. The first-order valence-corrected chi connectivity index (χ1v) is 11.0. The maximum Gasteiger partial charge on any atom is 0.269 e. The molecule has 0 saturated carbocycles. The van der Waals surface area contributed by atoms with Gasteiger partial charge in [0.25, 0.3) is 5.91 Å². The number of pyridine rings is 1. The number of benzene rings is 2. The molecule has 1 amide bonds. The highest BCUT2D eigenvalue weighted by molar-refractivity contribution is 5.92. The molecular weight excluding hydrogens is 400 g/mol. The molecule has 6 heteroatoms. The van der Waals surface area contributed by atoms with Crippen molar-refractivity contribution in [2.24, 2.45) is 0 Å². The maximum atomic E-state index is 12.3. The quantitative estimate of drug-likeness (QED) is 0.376. The minimum Gasteiger partial charge on any atom is -0.494 e. The van der Waals surface area contributed by atoms with E-state index >= 15 is 0 Å². The number of nitrogens with one attached hydrogen (secondary N) is 1. The molecule has 0 radical (unpaired) electrons. The number of carbonyl (C=O) groups excluding carboxylic acids is 1. The van der Waals surface area contributed by atoms with Crippen molar-refractivity contribution in [3.8, 4) is 5.75 Å². The highest BCUT2D eigenvalue weighted by Crippen LogP contribution is 2.18. The standard InChI is InChI=1S/C26H28N4O2/c1-20-9-8-10-21(19-20)32-18-7-6-17-30-24-13-3-2-11-22(24)29-25(30)14-16-28-26(31)23-12-4-5-15-27-23/h2-5,8-13,15,19H,6-7,14,16-18H2,1H3,(H,28,31). The van der Waals surface area contributed by atoms with Gasteiger partial charge in [-0.3, -0.25) is 9.78 Å². The van der Waals surface area contributed by atoms with Gasteiger partial charge in [-0.25, -0.2) is 4.98 Å². The third-order valence-electron chi connectivity index (χ3n) is 5.30. The summed E-state index contributed by atoms with van der Waals surface area (Å²) in [5.41, 5.74) is 3.73. The van der Waals surface area contributed by atoms with Crippen LogP contribution in [0.4, 0.5) is 0 Å². The van der Waals surface area contributed by atoms with Gasteiger partial charge >= 0.3 is 0 Å². The van der Waals surface area contributed by atoms with E-state index in [4.69, 9.17) is 9.72 Å². The molecule has 6 nitrogen and oxygen atoms in total. The van der Waals surface area contributed by atoms with Crippen LogP contribution in [0.25, 0.3) is 11.0 Å². The van der Waals surface area contributed by atoms with Crippen molar-refractivity contribution in [2.75, 3.05) is 13.2 Å². The Balaban J connectivity index is 1.33. The fourth-order valence-electron chi connectivity index (χ4n) is 3.71. The number of carbonyl (C=O) groups is 1. The summed E-state index contributed by atoms with van der Waals surface area (Å²) in [4.78, 5) is 21.2. The fourth-order valence-corrected chi connectivity index (χ4v) is 3.71. The first-order chi connectivity index (χ1) is 15.7. The fraction of sp³-hybridized carbons (Fsp3) is 0.269. The molecule has 2 aromatic heterocycles. The Hall–Kier alpha value is -3.67. The van der Waals surface area contributed by atoms with Gasteiger partial charge in [-0.05, 0) is 61.7 Å². The van der Waals surface area contributed by atoms with Crippen LogP contribution < -0.4 is 10.1 Å². The summed E-state index contributed by atoms with van der Waals surface area (Å²) in [7, 11) is 0. The van der Waals surface area contributed by atoms with E-state index in [0.29, 0.717) is 25.3 Å². The summed E-state index contributed by atoms with van der Waals surface area (Å²) >= 11 is 0. The van der Waals surface area contributed by atoms with E-state index in [1.165, 1.54) is 5.56 Å². The Labute approximate surface area is 188 Å². The molecule has 0 fully saturated rings. The number of nitrogens with zero attached hydrogens (tertiary/aromatic N) is 3. The summed E-state index contributed by atoms with van der Waals surface area (Å²) in [6, 6.07) is 21.6. The molecule has 2 aromatic carbocycles. The topological polar surface area (TPSA) is 69.0 Å². The lowest BCUT2D eigenvalue weighted by atomic mass is 10.2. The van der Waals surface area contributed by atoms with Crippen molar-refractivity contribution in [2.45, 2.75) is 32.7 Å². The zero-order chi connectivity index (χ0) is 22.2. The predicted octanol–water partition coefficient (Wildman–Crippen LogP) is 4.57. The number of para-hydroxylation sites is 2. The third kappa shape index (κ3) is 5.52. The van der Waals surface area contributed by atoms with Crippen molar-refractivity contribution in [1.29, 1.82) is 0 Å². The van der Waals surface area contributed by atoms with Crippen molar-refractivity contribution >= 4 is 16.9 Å². The van der Waals surface area contributed by atoms with Crippen LogP contribution in [-0.4, -0.2) is 33.6 Å². The van der Waals surface area contributed by atoms with Gasteiger partial charge in [0.15, 0.2) is 0 Å². The zero-order valence-electron chi connectivity index (χ0n) is 18.3. The second kappa shape index (κ2) is 10.6. The lowest BCUT2D eigenvalue weighted by molar-refractivity contribution is 0.0949. The molecule has 0 spiro atoms. The first kappa shape index (κ1) is 21.6. The Morgan fingerprint density at radius 1 is 1.03 bits per heavy atom. The second-order valence-electron chi connectivity index (χ2n) is 7.76. The van der Waals surface area contributed by atoms with E-state index in [1.807, 2.05) is 36.4 Å². The van der Waals surface area contributed by atoms with Gasteiger partial charge in [0.2, 0.25) is 0 Å². The predicted molar refractivity (Wildman–Crippen MR) is 126 cm³/mol. The van der Waals surface area contributed by atoms with Crippen molar-refractivity contribution < 1.29 is 9.53 Å². The van der Waals surface area contributed by atoms with Crippen LogP contribution in [0.5, 0.6) is 5.75 Å². The van der Waals surface area contributed by atoms with Crippen molar-refractivity contribution in [1.82, 2.24) is 19.9 Å². The summed E-state index contributed by atoms with van der Waals surface area (Å²) in [5, 5.41) is 2.94. The highest BCUT2D eigenvalue weighted by Gasteiger charge is 2.11. The third-order valence-corrected chi connectivity index (χ3v) is 5.30. The van der Waals surface area contributed by atoms with Gasteiger partial charge in [0, 0.05) is 25.7 Å². The van der Waals surface area contributed by atoms with Crippen LogP contribution in [0.1, 0.15) is 34.7 Å². The van der Waals surface area contributed by atoms with E-state index < -0.39 is 0 Å². The van der Waals surface area contributed by atoms with E-state index in [2.05, 4.69) is 40.0 Å². The Bertz CT molecular complexity index is 1170. The van der Waals surface area contributed by atoms with Gasteiger partial charge in [-0.1, -0.05) is 30.3 Å². The molecule has 4 rings (SSSR count). The number of fused-ring (bicyclic) bond motifs is 1. The highest BCUT2D eigenvalue weighted by atomic mass is 16.5. The van der Waals surface area contributed by atoms with Crippen molar-refractivity contribution in [3.63, 3.8) is 0 Å². The SMILES string of the molecule is Cc1cccc(OCCCCn2c(CCNC(=O)c3ccccn3)nc3ccccc32)c1. The van der Waals surface area contributed by atoms with Crippen LogP contribution in [0.2, 0.25) is 0 Å². The average Bonchev–Trinajstić information content (AvgIpc) is 3.17. The lowest BCUT2D eigenvalue weighted by Crippen LogP contribution is -2.27. The Morgan fingerprint density at radius 3 is 2.75 bits per heavy atom. The van der Waals surface area contributed by atoms with E-state index in [1.54, 1.807) is 18.3 Å². The van der Waals surface area contributed by atoms with Gasteiger partial charge in [-0.2, -0.15) is 0 Å². The van der Waals surface area contributed by atoms with Gasteiger partial charge < -0.3 is 14.6 Å². The molecule has 0 unspecified atom stereocenters. The number of aromatic nitrogens is 3. The number of ether oxygens (including phenoxy) is 1. The molecule has 164 valence electrons. The molecule has 0 aliphatic heterocycles. The number of unbranched alkanes of at least 4 members (excludes halogenated alkanes) is 1. The number of aryl methyl sites for hydroxylation is 2.